The quantitative estimate of drug-likeness (QED) is 0.909. The van der Waals surface area contributed by atoms with Gasteiger partial charge >= 0.3 is 0 Å². The van der Waals surface area contributed by atoms with E-state index in [1.807, 2.05) is 29.8 Å². The van der Waals surface area contributed by atoms with Crippen molar-refractivity contribution in [2.24, 2.45) is 0 Å². The van der Waals surface area contributed by atoms with Crippen LogP contribution in [-0.2, 0) is 12.8 Å². The maximum Gasteiger partial charge on any atom is 0.0331 e. The summed E-state index contributed by atoms with van der Waals surface area (Å²) in [5, 5.41) is 5.92. The molecule has 3 rings (SSSR count). The first-order chi connectivity index (χ1) is 8.93. The lowest BCUT2D eigenvalue weighted by molar-refractivity contribution is 0.467. The molecule has 0 spiro atoms. The van der Waals surface area contributed by atoms with E-state index >= 15 is 0 Å². The summed E-state index contributed by atoms with van der Waals surface area (Å²) >= 11 is 1.91. The normalized spacial score (nSPS) is 18.6. The van der Waals surface area contributed by atoms with E-state index in [-0.39, 0.29) is 0 Å². The molecule has 0 saturated carbocycles. The van der Waals surface area contributed by atoms with Crippen molar-refractivity contribution in [1.29, 1.82) is 0 Å². The summed E-state index contributed by atoms with van der Waals surface area (Å²) in [6, 6.07) is 7.01. The lowest BCUT2D eigenvalue weighted by Crippen LogP contribution is -2.26. The molecule has 0 aliphatic heterocycles. The first kappa shape index (κ1) is 11.9. The van der Waals surface area contributed by atoms with Crippen molar-refractivity contribution in [3.8, 4) is 0 Å². The Hall–Kier alpha value is -1.19. The number of aromatic nitrogens is 1. The topological polar surface area (TPSA) is 24.9 Å². The van der Waals surface area contributed by atoms with E-state index in [0.717, 1.165) is 13.0 Å². The third-order valence-corrected chi connectivity index (χ3v) is 4.58. The average Bonchev–Trinajstić information content (AvgIpc) is 2.89. The molecule has 0 amide bonds. The predicted molar refractivity (Wildman–Crippen MR) is 75.9 cm³/mol. The Bertz CT molecular complexity index is 492. The number of aryl methyl sites for hydroxylation is 1. The number of pyridine rings is 1. The van der Waals surface area contributed by atoms with Crippen LogP contribution in [0.5, 0.6) is 0 Å². The Labute approximate surface area is 112 Å². The molecular formula is C15H18N2S. The summed E-state index contributed by atoms with van der Waals surface area (Å²) in [5.74, 6) is 0. The summed E-state index contributed by atoms with van der Waals surface area (Å²) in [5.41, 5.74) is 2.85. The number of nitrogens with zero attached hydrogens (tertiary/aromatic N) is 1. The fourth-order valence-electron chi connectivity index (χ4n) is 2.64. The van der Waals surface area contributed by atoms with Crippen LogP contribution in [0.4, 0.5) is 0 Å². The van der Waals surface area contributed by atoms with Gasteiger partial charge < -0.3 is 5.32 Å². The molecule has 2 aromatic rings. The minimum Gasteiger partial charge on any atom is -0.310 e. The van der Waals surface area contributed by atoms with Crippen molar-refractivity contribution in [3.05, 3.63) is 52.0 Å². The zero-order valence-corrected chi connectivity index (χ0v) is 11.2. The van der Waals surface area contributed by atoms with E-state index < -0.39 is 0 Å². The summed E-state index contributed by atoms with van der Waals surface area (Å²) in [4.78, 5) is 5.74. The standard InChI is InChI=1S/C15H18N2S/c1-4-14(13-7-10-18-15(13)5-1)17-9-6-12-3-2-8-16-11-12/h2-3,7-8,10-11,14,17H,1,4-6,9H2. The number of rotatable bonds is 4. The summed E-state index contributed by atoms with van der Waals surface area (Å²) < 4.78 is 0. The number of hydrogen-bond acceptors (Lipinski definition) is 3. The molecule has 0 aromatic carbocycles. The van der Waals surface area contributed by atoms with Gasteiger partial charge in [0.25, 0.3) is 0 Å². The number of hydrogen-bond donors (Lipinski definition) is 1. The highest BCUT2D eigenvalue weighted by molar-refractivity contribution is 7.10. The predicted octanol–water partition coefficient (Wildman–Crippen LogP) is 3.35. The summed E-state index contributed by atoms with van der Waals surface area (Å²) in [6.07, 6.45) is 8.71. The van der Waals surface area contributed by atoms with E-state index in [1.54, 1.807) is 4.88 Å². The molecule has 1 N–H and O–H groups in total. The molecule has 1 aliphatic carbocycles. The molecule has 0 saturated heterocycles. The molecule has 3 heteroatoms. The van der Waals surface area contributed by atoms with E-state index in [1.165, 1.54) is 30.4 Å². The monoisotopic (exact) mass is 258 g/mol. The third kappa shape index (κ3) is 2.62. The molecule has 2 heterocycles. The van der Waals surface area contributed by atoms with Crippen molar-refractivity contribution in [3.63, 3.8) is 0 Å². The molecule has 1 unspecified atom stereocenters. The van der Waals surface area contributed by atoms with Gasteiger partial charge in [0.15, 0.2) is 0 Å². The largest absolute Gasteiger partial charge is 0.310 e. The van der Waals surface area contributed by atoms with Crippen molar-refractivity contribution in [2.75, 3.05) is 6.54 Å². The maximum absolute atomic E-state index is 4.15. The van der Waals surface area contributed by atoms with Gasteiger partial charge in [-0.1, -0.05) is 6.07 Å². The lowest BCUT2D eigenvalue weighted by Gasteiger charge is -2.23. The van der Waals surface area contributed by atoms with Gasteiger partial charge in [-0.05, 0) is 60.9 Å². The Kier molecular flexibility index (Phi) is 3.72. The molecular weight excluding hydrogens is 240 g/mol. The smallest absolute Gasteiger partial charge is 0.0331 e. The molecule has 1 aliphatic rings. The van der Waals surface area contributed by atoms with Crippen molar-refractivity contribution < 1.29 is 0 Å². The molecule has 2 nitrogen and oxygen atoms in total. The Morgan fingerprint density at radius 1 is 1.39 bits per heavy atom. The van der Waals surface area contributed by atoms with Crippen LogP contribution in [0.1, 0.15) is 34.9 Å². The third-order valence-electron chi connectivity index (χ3n) is 3.58. The maximum atomic E-state index is 4.15. The van der Waals surface area contributed by atoms with Gasteiger partial charge in [-0.25, -0.2) is 0 Å². The van der Waals surface area contributed by atoms with Gasteiger partial charge in [0.1, 0.15) is 0 Å². The van der Waals surface area contributed by atoms with Crippen LogP contribution in [0.25, 0.3) is 0 Å². The van der Waals surface area contributed by atoms with Crippen molar-refractivity contribution >= 4 is 11.3 Å². The molecule has 0 bridgehead atoms. The van der Waals surface area contributed by atoms with Crippen LogP contribution >= 0.6 is 11.3 Å². The fourth-order valence-corrected chi connectivity index (χ4v) is 3.62. The SMILES string of the molecule is c1cncc(CCNC2CCCc3sccc32)c1. The molecule has 0 fully saturated rings. The van der Waals surface area contributed by atoms with Crippen LogP contribution in [0, 0.1) is 0 Å². The van der Waals surface area contributed by atoms with Crippen LogP contribution in [-0.4, -0.2) is 11.5 Å². The zero-order chi connectivity index (χ0) is 12.2. The van der Waals surface area contributed by atoms with E-state index in [9.17, 15) is 0 Å². The average molecular weight is 258 g/mol. The second kappa shape index (κ2) is 5.63. The zero-order valence-electron chi connectivity index (χ0n) is 10.4. The minimum absolute atomic E-state index is 0.566. The molecule has 1 atom stereocenters. The van der Waals surface area contributed by atoms with E-state index in [2.05, 4.69) is 27.8 Å². The number of thiophene rings is 1. The highest BCUT2D eigenvalue weighted by Crippen LogP contribution is 2.33. The van der Waals surface area contributed by atoms with Gasteiger partial charge in [0, 0.05) is 23.3 Å². The van der Waals surface area contributed by atoms with Crippen LogP contribution < -0.4 is 5.32 Å². The lowest BCUT2D eigenvalue weighted by atomic mass is 9.94. The second-order valence-corrected chi connectivity index (χ2v) is 5.81. The Morgan fingerprint density at radius 3 is 3.28 bits per heavy atom. The van der Waals surface area contributed by atoms with Crippen LogP contribution in [0.2, 0.25) is 0 Å². The Balaban J connectivity index is 1.56. The van der Waals surface area contributed by atoms with Crippen molar-refractivity contribution in [2.45, 2.75) is 31.7 Å². The van der Waals surface area contributed by atoms with Gasteiger partial charge in [0.05, 0.1) is 0 Å². The molecule has 94 valence electrons. The van der Waals surface area contributed by atoms with Gasteiger partial charge in [-0.3, -0.25) is 4.98 Å². The van der Waals surface area contributed by atoms with Crippen LogP contribution in [0.15, 0.2) is 36.0 Å². The highest BCUT2D eigenvalue weighted by atomic mass is 32.1. The fraction of sp³-hybridized carbons (Fsp3) is 0.400. The summed E-state index contributed by atoms with van der Waals surface area (Å²) in [7, 11) is 0. The highest BCUT2D eigenvalue weighted by Gasteiger charge is 2.20. The summed E-state index contributed by atoms with van der Waals surface area (Å²) in [6.45, 7) is 1.03. The molecule has 2 aromatic heterocycles. The Morgan fingerprint density at radius 2 is 2.39 bits per heavy atom. The van der Waals surface area contributed by atoms with E-state index in [4.69, 9.17) is 0 Å². The first-order valence-electron chi connectivity index (χ1n) is 6.62. The van der Waals surface area contributed by atoms with E-state index in [0.29, 0.717) is 6.04 Å². The molecule has 18 heavy (non-hydrogen) atoms. The van der Waals surface area contributed by atoms with Crippen LogP contribution in [0.3, 0.4) is 0 Å². The minimum atomic E-state index is 0.566. The van der Waals surface area contributed by atoms with Gasteiger partial charge in [-0.15, -0.1) is 11.3 Å². The molecule has 0 radical (unpaired) electrons. The van der Waals surface area contributed by atoms with Crippen molar-refractivity contribution in [1.82, 2.24) is 10.3 Å². The van der Waals surface area contributed by atoms with Gasteiger partial charge in [-0.2, -0.15) is 0 Å². The number of fused-ring (bicyclic) bond motifs is 1. The van der Waals surface area contributed by atoms with Gasteiger partial charge in [0.2, 0.25) is 0 Å². The first-order valence-corrected chi connectivity index (χ1v) is 7.50. The number of nitrogens with one attached hydrogen (secondary N) is 1. The second-order valence-electron chi connectivity index (χ2n) is 4.81.